The van der Waals surface area contributed by atoms with Gasteiger partial charge in [0, 0.05) is 12.7 Å². The van der Waals surface area contributed by atoms with Crippen LogP contribution in [-0.2, 0) is 16.1 Å². The van der Waals surface area contributed by atoms with E-state index in [0.717, 1.165) is 44.2 Å². The lowest BCUT2D eigenvalue weighted by molar-refractivity contribution is -0.159. The van der Waals surface area contributed by atoms with Gasteiger partial charge < -0.3 is 9.30 Å². The fraction of sp³-hybridized carbons (Fsp3) is 0.577. The highest BCUT2D eigenvalue weighted by Gasteiger charge is 2.41. The Bertz CT molecular complexity index is 1020. The Hall–Kier alpha value is -2.15. The molecule has 1 aromatic heterocycles. The number of H-pyrrole nitrogens is 1. The molecule has 1 atom stereocenters. The first-order chi connectivity index (χ1) is 15.4. The predicted molar refractivity (Wildman–Crippen MR) is 141 cm³/mol. The summed E-state index contributed by atoms with van der Waals surface area (Å²) in [5, 5.41) is 0.0708. The van der Waals surface area contributed by atoms with Gasteiger partial charge in [0.05, 0.1) is 17.6 Å². The number of ether oxygens (including phenoxy) is 1. The highest BCUT2D eigenvalue weighted by atomic mass is 32.1. The van der Waals surface area contributed by atoms with E-state index in [4.69, 9.17) is 17.0 Å². The smallest absolute Gasteiger partial charge is 0.312 e. The van der Waals surface area contributed by atoms with Gasteiger partial charge in [0.2, 0.25) is 0 Å². The van der Waals surface area contributed by atoms with E-state index in [1.165, 1.54) is 0 Å². The van der Waals surface area contributed by atoms with Gasteiger partial charge in [0.15, 0.2) is 4.77 Å². The zero-order chi connectivity index (χ0) is 24.6. The van der Waals surface area contributed by atoms with Crippen LogP contribution in [0.4, 0.5) is 0 Å². The molecule has 0 aliphatic rings. The van der Waals surface area contributed by atoms with Crippen LogP contribution in [0.25, 0.3) is 11.1 Å². The quantitative estimate of drug-likeness (QED) is 0.191. The monoisotopic (exact) mass is 470 g/mol. The van der Waals surface area contributed by atoms with E-state index in [-0.39, 0.29) is 22.8 Å². The first kappa shape index (κ1) is 27.1. The molecule has 0 fully saturated rings. The van der Waals surface area contributed by atoms with E-state index in [1.54, 1.807) is 0 Å². The van der Waals surface area contributed by atoms with Crippen molar-refractivity contribution in [1.29, 1.82) is 0 Å². The van der Waals surface area contributed by atoms with Crippen LogP contribution < -0.4 is 5.56 Å². The second-order valence-electron chi connectivity index (χ2n) is 10.7. The topological polar surface area (TPSA) is 64.1 Å². The normalized spacial score (nSPS) is 13.6. The van der Waals surface area contributed by atoms with Crippen LogP contribution in [0.15, 0.2) is 41.3 Å². The zero-order valence-electron chi connectivity index (χ0n) is 21.1. The number of rotatable bonds is 12. The summed E-state index contributed by atoms with van der Waals surface area (Å²) in [6, 6.07) is 9.61. The molecular weight excluding hydrogens is 431 g/mol. The van der Waals surface area contributed by atoms with Crippen molar-refractivity contribution < 1.29 is 9.53 Å². The lowest BCUT2D eigenvalue weighted by atomic mass is 9.60. The van der Waals surface area contributed by atoms with Crippen LogP contribution in [-0.4, -0.2) is 30.0 Å². The number of aromatic amines is 1. The van der Waals surface area contributed by atoms with Gasteiger partial charge in [-0.1, -0.05) is 69.8 Å². The minimum absolute atomic E-state index is 0.0708. The van der Waals surface area contributed by atoms with Gasteiger partial charge in [-0.15, -0.1) is 0 Å². The van der Waals surface area contributed by atoms with Crippen molar-refractivity contribution in [2.75, 3.05) is 6.61 Å². The molecule has 180 valence electrons. The Labute approximate surface area is 204 Å². The third-order valence-electron chi connectivity index (χ3n) is 6.26. The van der Waals surface area contributed by atoms with Gasteiger partial charge in [0.25, 0.3) is 5.56 Å². The van der Waals surface area contributed by atoms with Gasteiger partial charge in [0.1, 0.15) is 7.85 Å². The molecule has 1 N–H and O–H groups in total. The molecule has 1 aromatic carbocycles. The summed E-state index contributed by atoms with van der Waals surface area (Å²) in [4.78, 5) is 27.9. The molecule has 2 aromatic rings. The first-order valence-corrected chi connectivity index (χ1v) is 12.4. The summed E-state index contributed by atoms with van der Waals surface area (Å²) in [6.07, 6.45) is 6.43. The first-order valence-electron chi connectivity index (χ1n) is 12.0. The number of benzene rings is 1. The number of hydrogen-bond donors (Lipinski definition) is 1. The number of carbonyl (C=O) groups is 1. The average Bonchev–Trinajstić information content (AvgIpc) is 2.73. The minimum Gasteiger partial charge on any atom is -0.465 e. The molecule has 0 saturated carbocycles. The Morgan fingerprint density at radius 2 is 1.76 bits per heavy atom. The highest BCUT2D eigenvalue weighted by molar-refractivity contribution is 7.71. The number of aryl methyl sites for hydroxylation is 1. The van der Waals surface area contributed by atoms with Gasteiger partial charge in [-0.2, -0.15) is 0 Å². The standard InChI is InChI=1S/C26H39BN2O3S/c1-19(2)26(5,18-25(3,4)27)23(31)32-16-12-7-6-11-15-29-17-21(22(30)28-24(29)33)20-13-9-8-10-14-20/h8-10,13-14,17,19H,6-7,11-12,15-16,18,27H2,1-5H3,(H,28,30,33). The van der Waals surface area contributed by atoms with Crippen LogP contribution in [0, 0.1) is 16.1 Å². The Morgan fingerprint density at radius 3 is 2.36 bits per heavy atom. The van der Waals surface area contributed by atoms with Crippen LogP contribution in [0.5, 0.6) is 0 Å². The molecule has 5 nitrogen and oxygen atoms in total. The summed E-state index contributed by atoms with van der Waals surface area (Å²) < 4.78 is 8.05. The van der Waals surface area contributed by atoms with Crippen molar-refractivity contribution in [3.63, 3.8) is 0 Å². The molecule has 0 aliphatic heterocycles. The van der Waals surface area contributed by atoms with Crippen molar-refractivity contribution in [2.45, 2.75) is 78.6 Å². The number of esters is 1. The van der Waals surface area contributed by atoms with Crippen LogP contribution in [0.2, 0.25) is 5.31 Å². The second kappa shape index (κ2) is 11.8. The predicted octanol–water partition coefficient (Wildman–Crippen LogP) is 5.56. The molecule has 33 heavy (non-hydrogen) atoms. The van der Waals surface area contributed by atoms with E-state index in [0.29, 0.717) is 16.9 Å². The molecule has 0 amide bonds. The third-order valence-corrected chi connectivity index (χ3v) is 6.60. The van der Waals surface area contributed by atoms with E-state index < -0.39 is 5.41 Å². The van der Waals surface area contributed by atoms with Crippen molar-refractivity contribution in [1.82, 2.24) is 9.55 Å². The Morgan fingerprint density at radius 1 is 1.12 bits per heavy atom. The minimum atomic E-state index is -0.463. The van der Waals surface area contributed by atoms with Crippen molar-refractivity contribution >= 4 is 26.0 Å². The molecule has 0 aliphatic carbocycles. The van der Waals surface area contributed by atoms with Gasteiger partial charge in [-0.25, -0.2) is 0 Å². The summed E-state index contributed by atoms with van der Waals surface area (Å²) in [7, 11) is 2.17. The summed E-state index contributed by atoms with van der Waals surface area (Å²) in [6.45, 7) is 11.8. The van der Waals surface area contributed by atoms with Gasteiger partial charge in [-0.05, 0) is 56.3 Å². The molecular formula is C26H39BN2O3S. The lowest BCUT2D eigenvalue weighted by Gasteiger charge is -2.37. The molecule has 2 rings (SSSR count). The van der Waals surface area contributed by atoms with Crippen molar-refractivity contribution in [3.8, 4) is 11.1 Å². The van der Waals surface area contributed by atoms with Gasteiger partial charge >= 0.3 is 5.97 Å². The van der Waals surface area contributed by atoms with Crippen molar-refractivity contribution in [2.24, 2.45) is 11.3 Å². The van der Waals surface area contributed by atoms with E-state index in [9.17, 15) is 9.59 Å². The molecule has 7 heteroatoms. The summed E-state index contributed by atoms with van der Waals surface area (Å²) in [5.74, 6) is 0.146. The molecule has 0 bridgehead atoms. The van der Waals surface area contributed by atoms with Gasteiger partial charge in [-0.3, -0.25) is 14.6 Å². The van der Waals surface area contributed by atoms with Crippen molar-refractivity contribution in [3.05, 3.63) is 51.7 Å². The average molecular weight is 470 g/mol. The SMILES string of the molecule is BC(C)(C)CC(C)(C(=O)OCCCCCCn1cc(-c2ccccc2)c(=O)[nH]c1=S)C(C)C. The van der Waals surface area contributed by atoms with Crippen LogP contribution >= 0.6 is 12.2 Å². The molecule has 1 heterocycles. The molecule has 0 spiro atoms. The number of unbranched alkanes of at least 4 members (excludes halogenated alkanes) is 3. The molecule has 1 unspecified atom stereocenters. The maximum atomic E-state index is 12.8. The third kappa shape index (κ3) is 7.99. The lowest BCUT2D eigenvalue weighted by Crippen LogP contribution is -2.37. The Kier molecular flexibility index (Phi) is 9.71. The van der Waals surface area contributed by atoms with Crippen LogP contribution in [0.1, 0.15) is 66.7 Å². The van der Waals surface area contributed by atoms with E-state index in [1.807, 2.05) is 48.0 Å². The molecule has 0 radical (unpaired) electrons. The fourth-order valence-electron chi connectivity index (χ4n) is 4.18. The number of nitrogens with zero attached hydrogens (tertiary/aromatic N) is 1. The largest absolute Gasteiger partial charge is 0.465 e. The number of hydrogen-bond acceptors (Lipinski definition) is 4. The van der Waals surface area contributed by atoms with E-state index in [2.05, 4.69) is 40.5 Å². The second-order valence-corrected chi connectivity index (χ2v) is 11.1. The van der Waals surface area contributed by atoms with Crippen LogP contribution in [0.3, 0.4) is 0 Å². The number of nitrogens with one attached hydrogen (secondary N) is 1. The Balaban J connectivity index is 1.81. The number of carbonyl (C=O) groups excluding carboxylic acids is 1. The fourth-order valence-corrected chi connectivity index (χ4v) is 4.42. The zero-order valence-corrected chi connectivity index (χ0v) is 21.9. The maximum absolute atomic E-state index is 12.8. The van der Waals surface area contributed by atoms with E-state index >= 15 is 0 Å². The summed E-state index contributed by atoms with van der Waals surface area (Å²) >= 11 is 5.34. The maximum Gasteiger partial charge on any atom is 0.312 e. The molecule has 0 saturated heterocycles. The summed E-state index contributed by atoms with van der Waals surface area (Å²) in [5.41, 5.74) is 0.878. The highest BCUT2D eigenvalue weighted by Crippen LogP contribution is 2.42. The number of aromatic nitrogens is 2.